The lowest BCUT2D eigenvalue weighted by Crippen LogP contribution is -2.27. The lowest BCUT2D eigenvalue weighted by atomic mass is 10.3. The molecular formula is C14H14ClN3O3S. The van der Waals surface area contributed by atoms with E-state index in [-0.39, 0.29) is 18.2 Å². The summed E-state index contributed by atoms with van der Waals surface area (Å²) in [6.45, 7) is 1.02. The molecule has 0 radical (unpaired) electrons. The minimum absolute atomic E-state index is 0.102. The third-order valence-corrected chi connectivity index (χ3v) is 4.99. The molecule has 0 unspecified atom stereocenters. The normalized spacial score (nSPS) is 17.8. The Kier molecular flexibility index (Phi) is 4.19. The average molecular weight is 340 g/mol. The molecule has 2 N–H and O–H groups in total. The van der Waals surface area contributed by atoms with E-state index in [9.17, 15) is 9.59 Å². The minimum Gasteiger partial charge on any atom is -0.443 e. The number of thiophene rings is 1. The van der Waals surface area contributed by atoms with Crippen LogP contribution in [0.15, 0.2) is 34.6 Å². The maximum Gasteiger partial charge on any atom is 0.415 e. The SMILES string of the molecule is NC[C@H]1CN(c2scc(Cn3ccccc3=O)c2Cl)C(=O)O1. The molecule has 2 aromatic rings. The van der Waals surface area contributed by atoms with Gasteiger partial charge in [0.25, 0.3) is 5.56 Å². The van der Waals surface area contributed by atoms with E-state index in [1.165, 1.54) is 22.3 Å². The van der Waals surface area contributed by atoms with Gasteiger partial charge in [0.05, 0.1) is 18.1 Å². The van der Waals surface area contributed by atoms with Crippen molar-refractivity contribution in [3.8, 4) is 0 Å². The van der Waals surface area contributed by atoms with Crippen LogP contribution in [-0.4, -0.2) is 29.9 Å². The fraction of sp³-hybridized carbons (Fsp3) is 0.286. The number of nitrogens with two attached hydrogens (primary N) is 1. The fourth-order valence-corrected chi connectivity index (χ4v) is 3.61. The van der Waals surface area contributed by atoms with Crippen LogP contribution in [0.2, 0.25) is 5.02 Å². The average Bonchev–Trinajstić information content (AvgIpc) is 3.05. The zero-order valence-corrected chi connectivity index (χ0v) is 13.1. The van der Waals surface area contributed by atoms with E-state index in [1.54, 1.807) is 22.9 Å². The van der Waals surface area contributed by atoms with E-state index >= 15 is 0 Å². The summed E-state index contributed by atoms with van der Waals surface area (Å²) in [5.41, 5.74) is 6.22. The molecule has 0 saturated carbocycles. The molecule has 0 spiro atoms. The van der Waals surface area contributed by atoms with Gasteiger partial charge in [-0.1, -0.05) is 17.7 Å². The molecule has 3 rings (SSSR count). The highest BCUT2D eigenvalue weighted by Gasteiger charge is 2.34. The molecule has 3 heterocycles. The minimum atomic E-state index is -0.442. The van der Waals surface area contributed by atoms with Gasteiger partial charge in [-0.05, 0) is 11.4 Å². The number of amides is 1. The van der Waals surface area contributed by atoms with E-state index < -0.39 is 6.09 Å². The molecular weight excluding hydrogens is 326 g/mol. The van der Waals surface area contributed by atoms with E-state index in [4.69, 9.17) is 22.1 Å². The predicted molar refractivity (Wildman–Crippen MR) is 85.8 cm³/mol. The summed E-state index contributed by atoms with van der Waals surface area (Å²) in [6, 6.07) is 4.96. The van der Waals surface area contributed by atoms with Crippen LogP contribution in [0.1, 0.15) is 5.56 Å². The van der Waals surface area contributed by atoms with Crippen molar-refractivity contribution >= 4 is 34.0 Å². The van der Waals surface area contributed by atoms with Gasteiger partial charge in [0.1, 0.15) is 11.1 Å². The van der Waals surface area contributed by atoms with E-state index in [1.807, 2.05) is 5.38 Å². The molecule has 0 aromatic carbocycles. The van der Waals surface area contributed by atoms with Crippen LogP contribution in [0.5, 0.6) is 0 Å². The number of rotatable bonds is 4. The lowest BCUT2D eigenvalue weighted by Gasteiger charge is -2.11. The van der Waals surface area contributed by atoms with E-state index in [0.717, 1.165) is 5.56 Å². The highest BCUT2D eigenvalue weighted by Crippen LogP contribution is 2.38. The molecule has 1 aliphatic heterocycles. The van der Waals surface area contributed by atoms with Crippen molar-refractivity contribution in [3.63, 3.8) is 0 Å². The largest absolute Gasteiger partial charge is 0.443 e. The lowest BCUT2D eigenvalue weighted by molar-refractivity contribution is 0.145. The Bertz CT molecular complexity index is 758. The number of carbonyl (C=O) groups is 1. The van der Waals surface area contributed by atoms with Crippen molar-refractivity contribution in [2.45, 2.75) is 12.6 Å². The summed E-state index contributed by atoms with van der Waals surface area (Å²) >= 11 is 7.73. The molecule has 1 amide bonds. The number of nitrogens with zero attached hydrogens (tertiary/aromatic N) is 2. The number of halogens is 1. The summed E-state index contributed by atoms with van der Waals surface area (Å²) in [4.78, 5) is 25.1. The second-order valence-corrected chi connectivity index (χ2v) is 6.13. The van der Waals surface area contributed by atoms with Gasteiger partial charge >= 0.3 is 6.09 Å². The predicted octanol–water partition coefficient (Wildman–Crippen LogP) is 1.90. The van der Waals surface area contributed by atoms with Crippen LogP contribution >= 0.6 is 22.9 Å². The van der Waals surface area contributed by atoms with Gasteiger partial charge in [0.15, 0.2) is 0 Å². The first-order chi connectivity index (χ1) is 10.6. The molecule has 2 aromatic heterocycles. The molecule has 22 heavy (non-hydrogen) atoms. The van der Waals surface area contributed by atoms with Crippen molar-refractivity contribution in [1.29, 1.82) is 0 Å². The molecule has 6 nitrogen and oxygen atoms in total. The van der Waals surface area contributed by atoms with Crippen LogP contribution in [-0.2, 0) is 11.3 Å². The highest BCUT2D eigenvalue weighted by molar-refractivity contribution is 7.15. The topological polar surface area (TPSA) is 77.6 Å². The van der Waals surface area contributed by atoms with Gasteiger partial charge in [-0.2, -0.15) is 0 Å². The van der Waals surface area contributed by atoms with Crippen LogP contribution in [0.25, 0.3) is 0 Å². The van der Waals surface area contributed by atoms with Gasteiger partial charge in [-0.25, -0.2) is 4.79 Å². The van der Waals surface area contributed by atoms with Gasteiger partial charge in [0, 0.05) is 24.4 Å². The molecule has 0 aliphatic carbocycles. The summed E-state index contributed by atoms with van der Waals surface area (Å²) in [6.07, 6.45) is 0.943. The molecule has 0 bridgehead atoms. The van der Waals surface area contributed by atoms with Gasteiger partial charge in [-0.3, -0.25) is 9.69 Å². The van der Waals surface area contributed by atoms with Crippen LogP contribution in [0.4, 0.5) is 9.80 Å². The van der Waals surface area contributed by atoms with Gasteiger partial charge in [0.2, 0.25) is 0 Å². The number of anilines is 1. The van der Waals surface area contributed by atoms with Crippen LogP contribution < -0.4 is 16.2 Å². The Balaban J connectivity index is 1.85. The number of carbonyl (C=O) groups excluding carboxylic acids is 1. The van der Waals surface area contributed by atoms with Crippen molar-refractivity contribution in [3.05, 3.63) is 50.7 Å². The molecule has 1 fully saturated rings. The van der Waals surface area contributed by atoms with E-state index in [2.05, 4.69) is 0 Å². The first-order valence-electron chi connectivity index (χ1n) is 6.69. The Hall–Kier alpha value is -1.83. The summed E-state index contributed by atoms with van der Waals surface area (Å²) < 4.78 is 6.69. The van der Waals surface area contributed by atoms with Crippen LogP contribution in [0.3, 0.4) is 0 Å². The number of pyridine rings is 1. The number of ether oxygens (including phenoxy) is 1. The third-order valence-electron chi connectivity index (χ3n) is 3.40. The Labute approximate surface area is 135 Å². The van der Waals surface area contributed by atoms with Crippen molar-refractivity contribution in [2.75, 3.05) is 18.0 Å². The molecule has 8 heteroatoms. The third kappa shape index (κ3) is 2.75. The number of hydrogen-bond acceptors (Lipinski definition) is 5. The fourth-order valence-electron chi connectivity index (χ4n) is 2.24. The molecule has 1 atom stereocenters. The zero-order chi connectivity index (χ0) is 15.7. The summed E-state index contributed by atoms with van der Waals surface area (Å²) in [5.74, 6) is 0. The smallest absolute Gasteiger partial charge is 0.415 e. The van der Waals surface area contributed by atoms with Crippen LogP contribution in [0, 0.1) is 0 Å². The molecule has 1 aliphatic rings. The second-order valence-electron chi connectivity index (χ2n) is 4.90. The summed E-state index contributed by atoms with van der Waals surface area (Å²) in [7, 11) is 0. The van der Waals surface area contributed by atoms with Crippen molar-refractivity contribution < 1.29 is 9.53 Å². The Morgan fingerprint density at radius 1 is 1.41 bits per heavy atom. The summed E-state index contributed by atoms with van der Waals surface area (Å²) in [5, 5.41) is 2.94. The monoisotopic (exact) mass is 339 g/mol. The standard InChI is InChI=1S/C14H14ClN3O3S/c15-12-9(6-17-4-2-1-3-11(17)19)8-22-13(12)18-7-10(5-16)21-14(18)20/h1-4,8,10H,5-7,16H2/t10-/m0/s1. The quantitative estimate of drug-likeness (QED) is 0.922. The zero-order valence-electron chi connectivity index (χ0n) is 11.6. The van der Waals surface area contributed by atoms with Gasteiger partial charge < -0.3 is 15.0 Å². The number of aromatic nitrogens is 1. The Morgan fingerprint density at radius 2 is 2.23 bits per heavy atom. The number of cyclic esters (lactones) is 1. The van der Waals surface area contributed by atoms with Crippen molar-refractivity contribution in [2.24, 2.45) is 5.73 Å². The van der Waals surface area contributed by atoms with E-state index in [0.29, 0.717) is 23.1 Å². The second kappa shape index (κ2) is 6.12. The van der Waals surface area contributed by atoms with Gasteiger partial charge in [-0.15, -0.1) is 11.3 Å². The Morgan fingerprint density at radius 3 is 2.91 bits per heavy atom. The number of hydrogen-bond donors (Lipinski definition) is 1. The first kappa shape index (κ1) is 15.1. The molecule has 1 saturated heterocycles. The first-order valence-corrected chi connectivity index (χ1v) is 7.95. The highest BCUT2D eigenvalue weighted by atomic mass is 35.5. The maximum absolute atomic E-state index is 11.9. The maximum atomic E-state index is 11.9. The van der Waals surface area contributed by atoms with Crippen molar-refractivity contribution in [1.82, 2.24) is 4.57 Å². The molecule has 116 valence electrons.